The second kappa shape index (κ2) is 6.53. The molecule has 0 aliphatic carbocycles. The molecule has 0 aliphatic heterocycles. The Hall–Kier alpha value is -2.15. The van der Waals surface area contributed by atoms with Crippen LogP contribution in [0, 0.1) is 6.92 Å². The third-order valence-corrected chi connectivity index (χ3v) is 3.51. The molecular formula is C14H14BrN3O3. The molecule has 21 heavy (non-hydrogen) atoms. The molecule has 1 amide bonds. The van der Waals surface area contributed by atoms with E-state index in [1.807, 2.05) is 0 Å². The highest BCUT2D eigenvalue weighted by atomic mass is 79.9. The van der Waals surface area contributed by atoms with E-state index < -0.39 is 17.9 Å². The zero-order valence-corrected chi connectivity index (χ0v) is 12.8. The number of aryl methyl sites for hydroxylation is 1. The summed E-state index contributed by atoms with van der Waals surface area (Å²) in [7, 11) is 0. The van der Waals surface area contributed by atoms with E-state index in [1.54, 1.807) is 25.1 Å². The molecule has 0 saturated carbocycles. The Morgan fingerprint density at radius 3 is 2.81 bits per heavy atom. The van der Waals surface area contributed by atoms with E-state index in [0.29, 0.717) is 11.3 Å². The molecule has 1 aromatic heterocycles. The summed E-state index contributed by atoms with van der Waals surface area (Å²) < 4.78 is 0.865. The van der Waals surface area contributed by atoms with E-state index in [0.717, 1.165) is 10.0 Å². The van der Waals surface area contributed by atoms with E-state index >= 15 is 0 Å². The van der Waals surface area contributed by atoms with Gasteiger partial charge in [-0.05, 0) is 30.7 Å². The number of rotatable bonds is 5. The van der Waals surface area contributed by atoms with Gasteiger partial charge in [0.2, 0.25) is 0 Å². The van der Waals surface area contributed by atoms with Gasteiger partial charge < -0.3 is 15.4 Å². The number of carbonyl (C=O) groups is 2. The lowest BCUT2D eigenvalue weighted by atomic mass is 10.1. The summed E-state index contributed by atoms with van der Waals surface area (Å²) in [5, 5.41) is 11.8. The molecule has 6 nitrogen and oxygen atoms in total. The standard InChI is InChI=1S/C14H14BrN3O3/c1-8-4-9(15)2-3-11(8)13(19)18-12(14(20)21)5-10-6-16-7-17-10/h2-4,6-7,12H,5H2,1H3,(H,16,17)(H,18,19)(H,20,21)/t12-/m1/s1. The zero-order valence-electron chi connectivity index (χ0n) is 11.3. The second-order valence-electron chi connectivity index (χ2n) is 4.60. The van der Waals surface area contributed by atoms with Gasteiger partial charge in [-0.15, -0.1) is 0 Å². The van der Waals surface area contributed by atoms with Gasteiger partial charge in [0, 0.05) is 28.3 Å². The minimum Gasteiger partial charge on any atom is -0.480 e. The highest BCUT2D eigenvalue weighted by molar-refractivity contribution is 9.10. The molecule has 0 aliphatic rings. The molecular weight excluding hydrogens is 338 g/mol. The van der Waals surface area contributed by atoms with Gasteiger partial charge in [-0.2, -0.15) is 0 Å². The van der Waals surface area contributed by atoms with Gasteiger partial charge in [-0.25, -0.2) is 9.78 Å². The summed E-state index contributed by atoms with van der Waals surface area (Å²) in [4.78, 5) is 30.1. The fourth-order valence-corrected chi connectivity index (χ4v) is 2.41. The lowest BCUT2D eigenvalue weighted by molar-refractivity contribution is -0.139. The summed E-state index contributed by atoms with van der Waals surface area (Å²) in [6, 6.07) is 4.19. The number of aliphatic carboxylic acids is 1. The molecule has 1 aromatic carbocycles. The Morgan fingerprint density at radius 2 is 2.24 bits per heavy atom. The van der Waals surface area contributed by atoms with Gasteiger partial charge in [0.1, 0.15) is 6.04 Å². The van der Waals surface area contributed by atoms with E-state index in [1.165, 1.54) is 12.5 Å². The first-order valence-corrected chi connectivity index (χ1v) is 7.03. The molecule has 0 fully saturated rings. The fraction of sp³-hybridized carbons (Fsp3) is 0.214. The first-order chi connectivity index (χ1) is 9.97. The number of H-pyrrole nitrogens is 1. The lowest BCUT2D eigenvalue weighted by Crippen LogP contribution is -2.42. The smallest absolute Gasteiger partial charge is 0.326 e. The predicted molar refractivity (Wildman–Crippen MR) is 80.1 cm³/mol. The number of amides is 1. The Morgan fingerprint density at radius 1 is 1.48 bits per heavy atom. The zero-order chi connectivity index (χ0) is 15.4. The first kappa shape index (κ1) is 15.2. The van der Waals surface area contributed by atoms with Crippen molar-refractivity contribution in [2.24, 2.45) is 0 Å². The van der Waals surface area contributed by atoms with Gasteiger partial charge >= 0.3 is 5.97 Å². The van der Waals surface area contributed by atoms with Crippen LogP contribution in [0.1, 0.15) is 21.6 Å². The predicted octanol–water partition coefficient (Wildman–Crippen LogP) is 1.91. The highest BCUT2D eigenvalue weighted by Crippen LogP contribution is 2.16. The van der Waals surface area contributed by atoms with Crippen molar-refractivity contribution >= 4 is 27.8 Å². The number of halogens is 1. The number of nitrogens with zero attached hydrogens (tertiary/aromatic N) is 1. The number of aromatic amines is 1. The third kappa shape index (κ3) is 3.91. The van der Waals surface area contributed by atoms with E-state index in [2.05, 4.69) is 31.2 Å². The highest BCUT2D eigenvalue weighted by Gasteiger charge is 2.22. The molecule has 0 saturated heterocycles. The number of carboxylic acids is 1. The Balaban J connectivity index is 2.12. The first-order valence-electron chi connectivity index (χ1n) is 6.24. The number of imidazole rings is 1. The molecule has 7 heteroatoms. The fourth-order valence-electron chi connectivity index (χ4n) is 1.93. The summed E-state index contributed by atoms with van der Waals surface area (Å²) in [6.45, 7) is 1.80. The number of carboxylic acid groups (broad SMARTS) is 1. The number of hydrogen-bond acceptors (Lipinski definition) is 3. The Labute approximate surface area is 129 Å². The Bertz CT molecular complexity index is 655. The number of carbonyl (C=O) groups excluding carboxylic acids is 1. The van der Waals surface area contributed by atoms with Gasteiger partial charge in [-0.1, -0.05) is 15.9 Å². The van der Waals surface area contributed by atoms with Crippen LogP contribution in [0.3, 0.4) is 0 Å². The van der Waals surface area contributed by atoms with Crippen LogP contribution in [0.4, 0.5) is 0 Å². The lowest BCUT2D eigenvalue weighted by Gasteiger charge is -2.14. The van der Waals surface area contributed by atoms with Crippen molar-refractivity contribution < 1.29 is 14.7 Å². The van der Waals surface area contributed by atoms with Crippen LogP contribution in [0.2, 0.25) is 0 Å². The molecule has 2 aromatic rings. The summed E-state index contributed by atoms with van der Waals surface area (Å²) >= 11 is 3.32. The average Bonchev–Trinajstić information content (AvgIpc) is 2.90. The molecule has 1 heterocycles. The maximum Gasteiger partial charge on any atom is 0.326 e. The maximum absolute atomic E-state index is 12.2. The van der Waals surface area contributed by atoms with Crippen LogP contribution >= 0.6 is 15.9 Å². The quantitative estimate of drug-likeness (QED) is 0.766. The summed E-state index contributed by atoms with van der Waals surface area (Å²) in [5.41, 5.74) is 1.87. The van der Waals surface area contributed by atoms with Gasteiger partial charge in [0.15, 0.2) is 0 Å². The van der Waals surface area contributed by atoms with Crippen LogP contribution in [0.15, 0.2) is 35.2 Å². The van der Waals surface area contributed by atoms with E-state index in [-0.39, 0.29) is 6.42 Å². The SMILES string of the molecule is Cc1cc(Br)ccc1C(=O)N[C@H](Cc1cnc[nH]1)C(=O)O. The minimum atomic E-state index is -1.09. The van der Waals surface area contributed by atoms with Crippen molar-refractivity contribution in [1.29, 1.82) is 0 Å². The van der Waals surface area contributed by atoms with Crippen molar-refractivity contribution in [2.75, 3.05) is 0 Å². The second-order valence-corrected chi connectivity index (χ2v) is 5.52. The van der Waals surface area contributed by atoms with Crippen LogP contribution in [-0.4, -0.2) is 33.0 Å². The average molecular weight is 352 g/mol. The van der Waals surface area contributed by atoms with E-state index in [4.69, 9.17) is 0 Å². The minimum absolute atomic E-state index is 0.149. The van der Waals surface area contributed by atoms with Crippen molar-refractivity contribution in [2.45, 2.75) is 19.4 Å². The summed E-state index contributed by atoms with van der Waals surface area (Å²) in [6.07, 6.45) is 3.15. The molecule has 110 valence electrons. The molecule has 0 spiro atoms. The summed E-state index contributed by atoms with van der Waals surface area (Å²) in [5.74, 6) is -1.50. The van der Waals surface area contributed by atoms with Gasteiger partial charge in [-0.3, -0.25) is 4.79 Å². The van der Waals surface area contributed by atoms with Crippen LogP contribution in [-0.2, 0) is 11.2 Å². The van der Waals surface area contributed by atoms with Gasteiger partial charge in [0.25, 0.3) is 5.91 Å². The molecule has 0 unspecified atom stereocenters. The Kier molecular flexibility index (Phi) is 4.74. The largest absolute Gasteiger partial charge is 0.480 e. The maximum atomic E-state index is 12.2. The molecule has 0 bridgehead atoms. The van der Waals surface area contributed by atoms with Crippen molar-refractivity contribution in [3.63, 3.8) is 0 Å². The van der Waals surface area contributed by atoms with Crippen molar-refractivity contribution in [1.82, 2.24) is 15.3 Å². The topological polar surface area (TPSA) is 95.1 Å². The van der Waals surface area contributed by atoms with Crippen LogP contribution in [0.25, 0.3) is 0 Å². The normalized spacial score (nSPS) is 11.9. The van der Waals surface area contributed by atoms with Crippen molar-refractivity contribution in [3.8, 4) is 0 Å². The van der Waals surface area contributed by atoms with E-state index in [9.17, 15) is 14.7 Å². The van der Waals surface area contributed by atoms with Gasteiger partial charge in [0.05, 0.1) is 6.33 Å². The molecule has 2 rings (SSSR count). The number of nitrogens with one attached hydrogen (secondary N) is 2. The number of benzene rings is 1. The monoisotopic (exact) mass is 351 g/mol. The van der Waals surface area contributed by atoms with Crippen LogP contribution in [0.5, 0.6) is 0 Å². The third-order valence-electron chi connectivity index (χ3n) is 3.02. The molecule has 1 atom stereocenters. The van der Waals surface area contributed by atoms with Crippen molar-refractivity contribution in [3.05, 3.63) is 52.0 Å². The molecule has 0 radical (unpaired) electrons. The number of hydrogen-bond donors (Lipinski definition) is 3. The number of aromatic nitrogens is 2. The molecule has 3 N–H and O–H groups in total. The van der Waals surface area contributed by atoms with Crippen LogP contribution < -0.4 is 5.32 Å².